The Balaban J connectivity index is 2.54. The van der Waals surface area contributed by atoms with E-state index < -0.39 is 0 Å². The summed E-state index contributed by atoms with van der Waals surface area (Å²) >= 11 is 1.71. The number of rotatable bonds is 6. The van der Waals surface area contributed by atoms with Crippen molar-refractivity contribution in [1.29, 1.82) is 0 Å². The van der Waals surface area contributed by atoms with Gasteiger partial charge in [0.2, 0.25) is 5.91 Å². The number of anilines is 2. The fourth-order valence-electron chi connectivity index (χ4n) is 1.56. The maximum absolute atomic E-state index is 12.1. The van der Waals surface area contributed by atoms with Crippen molar-refractivity contribution in [3.8, 4) is 0 Å². The zero-order valence-electron chi connectivity index (χ0n) is 12.2. The SMILES string of the molecule is CCC(C)CSC(C)C(=O)Nc1ccc(N)cc1C. The predicted octanol–water partition coefficient (Wildman–Crippen LogP) is 3.68. The molecule has 1 rings (SSSR count). The van der Waals surface area contributed by atoms with Crippen LogP contribution in [0.4, 0.5) is 11.4 Å². The van der Waals surface area contributed by atoms with Gasteiger partial charge in [-0.1, -0.05) is 20.3 Å². The van der Waals surface area contributed by atoms with Gasteiger partial charge in [0.15, 0.2) is 0 Å². The number of nitrogen functional groups attached to an aromatic ring is 1. The minimum atomic E-state index is -0.0362. The summed E-state index contributed by atoms with van der Waals surface area (Å²) in [7, 11) is 0. The number of hydrogen-bond donors (Lipinski definition) is 2. The van der Waals surface area contributed by atoms with Crippen molar-refractivity contribution < 1.29 is 4.79 Å². The smallest absolute Gasteiger partial charge is 0.237 e. The Labute approximate surface area is 120 Å². The highest BCUT2D eigenvalue weighted by Gasteiger charge is 2.15. The summed E-state index contributed by atoms with van der Waals surface area (Å²) in [5, 5.41) is 2.93. The van der Waals surface area contributed by atoms with Gasteiger partial charge in [0.1, 0.15) is 0 Å². The molecular weight excluding hydrogens is 256 g/mol. The molecule has 0 saturated heterocycles. The first-order valence-electron chi connectivity index (χ1n) is 6.72. The molecule has 0 aliphatic heterocycles. The van der Waals surface area contributed by atoms with Crippen molar-refractivity contribution in [3.05, 3.63) is 23.8 Å². The molecule has 0 aliphatic rings. The molecule has 0 bridgehead atoms. The second kappa shape index (κ2) is 7.43. The molecule has 0 saturated carbocycles. The van der Waals surface area contributed by atoms with Crippen LogP contribution in [0.25, 0.3) is 0 Å². The van der Waals surface area contributed by atoms with Gasteiger partial charge in [-0.2, -0.15) is 0 Å². The van der Waals surface area contributed by atoms with Crippen LogP contribution in [0.3, 0.4) is 0 Å². The summed E-state index contributed by atoms with van der Waals surface area (Å²) in [6.07, 6.45) is 1.15. The second-order valence-corrected chi connectivity index (χ2v) is 6.43. The van der Waals surface area contributed by atoms with Crippen molar-refractivity contribution in [3.63, 3.8) is 0 Å². The van der Waals surface area contributed by atoms with Crippen LogP contribution in [0.1, 0.15) is 32.8 Å². The molecule has 2 atom stereocenters. The molecule has 1 aromatic rings. The highest BCUT2D eigenvalue weighted by molar-refractivity contribution is 8.00. The zero-order chi connectivity index (χ0) is 14.4. The van der Waals surface area contributed by atoms with Gasteiger partial charge in [-0.05, 0) is 49.3 Å². The van der Waals surface area contributed by atoms with Crippen molar-refractivity contribution in [1.82, 2.24) is 0 Å². The average molecular weight is 280 g/mol. The number of nitrogens with two attached hydrogens (primary N) is 1. The molecule has 1 amide bonds. The fourth-order valence-corrected chi connectivity index (χ4v) is 2.63. The monoisotopic (exact) mass is 280 g/mol. The van der Waals surface area contributed by atoms with E-state index in [0.717, 1.165) is 29.1 Å². The van der Waals surface area contributed by atoms with E-state index in [9.17, 15) is 4.79 Å². The maximum Gasteiger partial charge on any atom is 0.237 e. The van der Waals surface area contributed by atoms with Crippen molar-refractivity contribution in [2.24, 2.45) is 5.92 Å². The summed E-state index contributed by atoms with van der Waals surface area (Å²) in [5.74, 6) is 1.73. The number of amides is 1. The topological polar surface area (TPSA) is 55.1 Å². The van der Waals surface area contributed by atoms with Gasteiger partial charge in [-0.15, -0.1) is 11.8 Å². The number of benzene rings is 1. The van der Waals surface area contributed by atoms with Crippen LogP contribution in [0.5, 0.6) is 0 Å². The summed E-state index contributed by atoms with van der Waals surface area (Å²) in [6.45, 7) is 8.29. The highest BCUT2D eigenvalue weighted by atomic mass is 32.2. The summed E-state index contributed by atoms with van der Waals surface area (Å²) < 4.78 is 0. The number of aryl methyl sites for hydroxylation is 1. The Hall–Kier alpha value is -1.16. The molecule has 106 valence electrons. The fraction of sp³-hybridized carbons (Fsp3) is 0.533. The van der Waals surface area contributed by atoms with E-state index in [1.54, 1.807) is 17.8 Å². The van der Waals surface area contributed by atoms with Crippen LogP contribution < -0.4 is 11.1 Å². The van der Waals surface area contributed by atoms with Gasteiger partial charge >= 0.3 is 0 Å². The van der Waals surface area contributed by atoms with Crippen LogP contribution in [-0.2, 0) is 4.79 Å². The lowest BCUT2D eigenvalue weighted by molar-refractivity contribution is -0.115. The van der Waals surface area contributed by atoms with Crippen LogP contribution >= 0.6 is 11.8 Å². The standard InChI is InChI=1S/C15H24N2OS/c1-5-10(2)9-19-12(4)15(18)17-14-7-6-13(16)8-11(14)3/h6-8,10,12H,5,9,16H2,1-4H3,(H,17,18). The molecule has 4 heteroatoms. The van der Waals surface area contributed by atoms with Crippen molar-refractivity contribution in [2.45, 2.75) is 39.4 Å². The zero-order valence-corrected chi connectivity index (χ0v) is 13.0. The van der Waals surface area contributed by atoms with E-state index in [0.29, 0.717) is 5.92 Å². The minimum Gasteiger partial charge on any atom is -0.399 e. The Bertz CT molecular complexity index is 434. The van der Waals surface area contributed by atoms with E-state index in [2.05, 4.69) is 19.2 Å². The van der Waals surface area contributed by atoms with Crippen molar-refractivity contribution >= 4 is 29.0 Å². The van der Waals surface area contributed by atoms with E-state index in [1.807, 2.05) is 26.0 Å². The third-order valence-corrected chi connectivity index (χ3v) is 4.68. The Kier molecular flexibility index (Phi) is 6.22. The van der Waals surface area contributed by atoms with Gasteiger partial charge in [0.25, 0.3) is 0 Å². The largest absolute Gasteiger partial charge is 0.399 e. The number of carbonyl (C=O) groups is 1. The van der Waals surface area contributed by atoms with Crippen LogP contribution in [0, 0.1) is 12.8 Å². The maximum atomic E-state index is 12.1. The molecule has 2 unspecified atom stereocenters. The molecule has 0 spiro atoms. The van der Waals surface area contributed by atoms with Gasteiger partial charge in [-0.25, -0.2) is 0 Å². The van der Waals surface area contributed by atoms with Gasteiger partial charge in [0, 0.05) is 11.4 Å². The van der Waals surface area contributed by atoms with Gasteiger partial charge in [0.05, 0.1) is 5.25 Å². The lowest BCUT2D eigenvalue weighted by Gasteiger charge is -2.15. The van der Waals surface area contributed by atoms with Crippen molar-refractivity contribution in [2.75, 3.05) is 16.8 Å². The van der Waals surface area contributed by atoms with E-state index in [1.165, 1.54) is 0 Å². The van der Waals surface area contributed by atoms with E-state index in [4.69, 9.17) is 5.73 Å². The molecular formula is C15H24N2OS. The molecule has 0 fully saturated rings. The second-order valence-electron chi connectivity index (χ2n) is 5.05. The highest BCUT2D eigenvalue weighted by Crippen LogP contribution is 2.21. The quantitative estimate of drug-likeness (QED) is 0.781. The molecule has 0 radical (unpaired) electrons. The van der Waals surface area contributed by atoms with Gasteiger partial charge in [-0.3, -0.25) is 4.79 Å². The molecule has 0 aromatic heterocycles. The Morgan fingerprint density at radius 3 is 2.68 bits per heavy atom. The Morgan fingerprint density at radius 2 is 2.11 bits per heavy atom. The minimum absolute atomic E-state index is 0.0362. The normalized spacial score (nSPS) is 13.9. The van der Waals surface area contributed by atoms with Gasteiger partial charge < -0.3 is 11.1 Å². The van der Waals surface area contributed by atoms with Crippen LogP contribution in [-0.4, -0.2) is 16.9 Å². The number of thioether (sulfide) groups is 1. The molecule has 0 heterocycles. The van der Waals surface area contributed by atoms with E-state index in [-0.39, 0.29) is 11.2 Å². The first-order valence-corrected chi connectivity index (χ1v) is 7.77. The van der Waals surface area contributed by atoms with Crippen LogP contribution in [0.2, 0.25) is 0 Å². The third kappa shape index (κ3) is 5.15. The molecule has 0 aliphatic carbocycles. The molecule has 3 nitrogen and oxygen atoms in total. The lowest BCUT2D eigenvalue weighted by atomic mass is 10.2. The lowest BCUT2D eigenvalue weighted by Crippen LogP contribution is -2.23. The van der Waals surface area contributed by atoms with Crippen LogP contribution in [0.15, 0.2) is 18.2 Å². The van der Waals surface area contributed by atoms with E-state index >= 15 is 0 Å². The molecule has 19 heavy (non-hydrogen) atoms. The Morgan fingerprint density at radius 1 is 1.42 bits per heavy atom. The number of nitrogens with one attached hydrogen (secondary N) is 1. The predicted molar refractivity (Wildman–Crippen MR) is 85.6 cm³/mol. The number of hydrogen-bond acceptors (Lipinski definition) is 3. The summed E-state index contributed by atoms with van der Waals surface area (Å²) in [4.78, 5) is 12.1. The summed E-state index contributed by atoms with van der Waals surface area (Å²) in [6, 6.07) is 5.53. The molecule has 3 N–H and O–H groups in total. The average Bonchev–Trinajstić information content (AvgIpc) is 2.38. The third-order valence-electron chi connectivity index (χ3n) is 3.21. The molecule has 1 aromatic carbocycles. The first kappa shape index (κ1) is 15.9. The first-order chi connectivity index (χ1) is 8.93. The summed E-state index contributed by atoms with van der Waals surface area (Å²) in [5.41, 5.74) is 8.25. The number of carbonyl (C=O) groups excluding carboxylic acids is 1.